The van der Waals surface area contributed by atoms with Crippen LogP contribution < -0.4 is 15.4 Å². The summed E-state index contributed by atoms with van der Waals surface area (Å²) in [4.78, 5) is 21.0. The van der Waals surface area contributed by atoms with Crippen molar-refractivity contribution in [3.63, 3.8) is 0 Å². The molecular weight excluding hydrogens is 419 g/mol. The molecule has 1 aromatic heterocycles. The number of methoxy groups -OCH3 is 1. The summed E-state index contributed by atoms with van der Waals surface area (Å²) >= 11 is 5.88. The SMILES string of the molecule is COc1cc2ncnc(Nc3ccc(F)c(Cl)c3)c2cc1NC(=O)C=CCC1CCC1. The Morgan fingerprint density at radius 3 is 2.84 bits per heavy atom. The van der Waals surface area contributed by atoms with Gasteiger partial charge in [0.2, 0.25) is 5.91 Å². The van der Waals surface area contributed by atoms with Gasteiger partial charge in [-0.15, -0.1) is 0 Å². The van der Waals surface area contributed by atoms with Crippen LogP contribution in [0.25, 0.3) is 10.9 Å². The first kappa shape index (κ1) is 21.1. The molecule has 2 N–H and O–H groups in total. The van der Waals surface area contributed by atoms with E-state index < -0.39 is 5.82 Å². The molecule has 0 bridgehead atoms. The third-order valence-electron chi connectivity index (χ3n) is 5.36. The molecule has 1 heterocycles. The highest BCUT2D eigenvalue weighted by atomic mass is 35.5. The van der Waals surface area contributed by atoms with Crippen LogP contribution in [-0.4, -0.2) is 23.0 Å². The molecule has 160 valence electrons. The minimum absolute atomic E-state index is 0.00618. The first-order chi connectivity index (χ1) is 15.0. The van der Waals surface area contributed by atoms with Gasteiger partial charge in [0.25, 0.3) is 0 Å². The second-order valence-electron chi connectivity index (χ2n) is 7.47. The summed E-state index contributed by atoms with van der Waals surface area (Å²) in [5, 5.41) is 6.66. The number of carbonyl (C=O) groups is 1. The Hall–Kier alpha value is -3.19. The number of hydrogen-bond donors (Lipinski definition) is 2. The molecule has 0 radical (unpaired) electrons. The molecule has 0 unspecified atom stereocenters. The van der Waals surface area contributed by atoms with Gasteiger partial charge in [-0.3, -0.25) is 4.79 Å². The van der Waals surface area contributed by atoms with E-state index in [4.69, 9.17) is 16.3 Å². The maximum absolute atomic E-state index is 13.5. The van der Waals surface area contributed by atoms with Crippen LogP contribution in [0, 0.1) is 11.7 Å². The Labute approximate surface area is 184 Å². The Kier molecular flexibility index (Phi) is 6.32. The maximum atomic E-state index is 13.5. The van der Waals surface area contributed by atoms with Gasteiger partial charge < -0.3 is 15.4 Å². The molecule has 31 heavy (non-hydrogen) atoms. The summed E-state index contributed by atoms with van der Waals surface area (Å²) < 4.78 is 18.9. The van der Waals surface area contributed by atoms with E-state index in [9.17, 15) is 9.18 Å². The third kappa shape index (κ3) is 4.94. The van der Waals surface area contributed by atoms with E-state index >= 15 is 0 Å². The van der Waals surface area contributed by atoms with Crippen LogP contribution in [0.15, 0.2) is 48.8 Å². The van der Waals surface area contributed by atoms with E-state index in [0.717, 1.165) is 6.42 Å². The standard InChI is InChI=1S/C23H22ClFN4O2/c1-31-21-12-19-16(11-20(21)29-22(30)7-3-6-14-4-2-5-14)23(27-13-26-19)28-15-8-9-18(25)17(24)10-15/h3,7-14H,2,4-6H2,1H3,(H,29,30)(H,26,27,28). The minimum atomic E-state index is -0.500. The fraction of sp³-hybridized carbons (Fsp3) is 0.261. The zero-order valence-electron chi connectivity index (χ0n) is 17.0. The van der Waals surface area contributed by atoms with Crippen molar-refractivity contribution in [2.45, 2.75) is 25.7 Å². The molecule has 8 heteroatoms. The molecule has 0 spiro atoms. The number of ether oxygens (including phenoxy) is 1. The van der Waals surface area contributed by atoms with Crippen LogP contribution in [0.3, 0.4) is 0 Å². The van der Waals surface area contributed by atoms with Gasteiger partial charge >= 0.3 is 0 Å². The highest BCUT2D eigenvalue weighted by Crippen LogP contribution is 2.34. The highest BCUT2D eigenvalue weighted by Gasteiger charge is 2.16. The van der Waals surface area contributed by atoms with E-state index in [1.54, 1.807) is 24.3 Å². The fourth-order valence-corrected chi connectivity index (χ4v) is 3.61. The van der Waals surface area contributed by atoms with Crippen LogP contribution in [-0.2, 0) is 4.79 Å². The maximum Gasteiger partial charge on any atom is 0.248 e. The number of allylic oxidation sites excluding steroid dienone is 1. The number of halogens is 2. The topological polar surface area (TPSA) is 76.1 Å². The molecule has 6 nitrogen and oxygen atoms in total. The Morgan fingerprint density at radius 2 is 2.13 bits per heavy atom. The lowest BCUT2D eigenvalue weighted by atomic mass is 9.83. The molecule has 3 aromatic rings. The summed E-state index contributed by atoms with van der Waals surface area (Å²) in [6.07, 6.45) is 9.56. The Morgan fingerprint density at radius 1 is 1.29 bits per heavy atom. The average molecular weight is 441 g/mol. The molecule has 1 fully saturated rings. The summed E-state index contributed by atoms with van der Waals surface area (Å²) in [7, 11) is 1.53. The molecule has 1 aliphatic carbocycles. The number of anilines is 3. The van der Waals surface area contributed by atoms with Crippen LogP contribution in [0.2, 0.25) is 5.02 Å². The van der Waals surface area contributed by atoms with Gasteiger partial charge in [-0.1, -0.05) is 36.9 Å². The van der Waals surface area contributed by atoms with Gasteiger partial charge in [0.05, 0.1) is 23.3 Å². The third-order valence-corrected chi connectivity index (χ3v) is 5.65. The summed E-state index contributed by atoms with van der Waals surface area (Å²) in [5.74, 6) is 0.951. The number of amides is 1. The van der Waals surface area contributed by atoms with Gasteiger partial charge in [0, 0.05) is 17.1 Å². The van der Waals surface area contributed by atoms with Crippen molar-refractivity contribution in [1.82, 2.24) is 9.97 Å². The fourth-order valence-electron chi connectivity index (χ4n) is 3.43. The molecule has 1 aliphatic rings. The quantitative estimate of drug-likeness (QED) is 0.450. The number of benzene rings is 2. The first-order valence-corrected chi connectivity index (χ1v) is 10.4. The van der Waals surface area contributed by atoms with Gasteiger partial charge in [0.1, 0.15) is 23.7 Å². The molecule has 2 aromatic carbocycles. The zero-order valence-corrected chi connectivity index (χ0v) is 17.7. The summed E-state index contributed by atoms with van der Waals surface area (Å²) in [5.41, 5.74) is 1.70. The Bertz CT molecular complexity index is 1150. The molecule has 4 rings (SSSR count). The number of nitrogens with zero attached hydrogens (tertiary/aromatic N) is 2. The van der Waals surface area contributed by atoms with Crippen molar-refractivity contribution in [3.8, 4) is 5.75 Å². The van der Waals surface area contributed by atoms with E-state index in [1.165, 1.54) is 44.8 Å². The monoisotopic (exact) mass is 440 g/mol. The lowest BCUT2D eigenvalue weighted by Crippen LogP contribution is -2.11. The molecular formula is C23H22ClFN4O2. The molecule has 1 amide bonds. The Balaban J connectivity index is 1.60. The minimum Gasteiger partial charge on any atom is -0.494 e. The average Bonchev–Trinajstić information content (AvgIpc) is 2.72. The van der Waals surface area contributed by atoms with Gasteiger partial charge in [-0.25, -0.2) is 14.4 Å². The highest BCUT2D eigenvalue weighted by molar-refractivity contribution is 6.31. The number of aromatic nitrogens is 2. The van der Waals surface area contributed by atoms with Crippen LogP contribution in [0.4, 0.5) is 21.6 Å². The number of carbonyl (C=O) groups excluding carboxylic acids is 1. The van der Waals surface area contributed by atoms with E-state index in [1.807, 2.05) is 6.08 Å². The van der Waals surface area contributed by atoms with Crippen molar-refractivity contribution in [2.75, 3.05) is 17.7 Å². The molecule has 0 saturated heterocycles. The first-order valence-electron chi connectivity index (χ1n) is 10.1. The van der Waals surface area contributed by atoms with E-state index in [2.05, 4.69) is 20.6 Å². The largest absolute Gasteiger partial charge is 0.494 e. The number of rotatable bonds is 7. The zero-order chi connectivity index (χ0) is 21.8. The smallest absolute Gasteiger partial charge is 0.248 e. The van der Waals surface area contributed by atoms with Crippen molar-refractivity contribution >= 4 is 45.6 Å². The van der Waals surface area contributed by atoms with Crippen molar-refractivity contribution in [1.29, 1.82) is 0 Å². The molecule has 0 atom stereocenters. The van der Waals surface area contributed by atoms with Gasteiger partial charge in [-0.05, 0) is 42.7 Å². The van der Waals surface area contributed by atoms with Crippen LogP contribution in [0.1, 0.15) is 25.7 Å². The predicted molar refractivity (Wildman–Crippen MR) is 121 cm³/mol. The van der Waals surface area contributed by atoms with E-state index in [-0.39, 0.29) is 10.9 Å². The lowest BCUT2D eigenvalue weighted by molar-refractivity contribution is -0.111. The van der Waals surface area contributed by atoms with E-state index in [0.29, 0.717) is 39.8 Å². The molecule has 1 saturated carbocycles. The lowest BCUT2D eigenvalue weighted by Gasteiger charge is -2.23. The van der Waals surface area contributed by atoms with Gasteiger partial charge in [-0.2, -0.15) is 0 Å². The number of fused-ring (bicyclic) bond motifs is 1. The second kappa shape index (κ2) is 9.31. The summed E-state index contributed by atoms with van der Waals surface area (Å²) in [6, 6.07) is 7.80. The van der Waals surface area contributed by atoms with Crippen LogP contribution in [0.5, 0.6) is 5.75 Å². The normalized spacial score (nSPS) is 13.9. The van der Waals surface area contributed by atoms with Crippen molar-refractivity contribution in [2.24, 2.45) is 5.92 Å². The predicted octanol–water partition coefficient (Wildman–Crippen LogP) is 5.86. The van der Waals surface area contributed by atoms with Gasteiger partial charge in [0.15, 0.2) is 0 Å². The molecule has 0 aliphatic heterocycles. The van der Waals surface area contributed by atoms with Crippen molar-refractivity contribution in [3.05, 3.63) is 59.7 Å². The second-order valence-corrected chi connectivity index (χ2v) is 7.88. The van der Waals surface area contributed by atoms with Crippen LogP contribution >= 0.6 is 11.6 Å². The number of hydrogen-bond acceptors (Lipinski definition) is 5. The summed E-state index contributed by atoms with van der Waals surface area (Å²) in [6.45, 7) is 0. The van der Waals surface area contributed by atoms with Crippen molar-refractivity contribution < 1.29 is 13.9 Å². The number of nitrogens with one attached hydrogen (secondary N) is 2.